The zero-order chi connectivity index (χ0) is 15.3. The molecule has 0 saturated carbocycles. The summed E-state index contributed by atoms with van der Waals surface area (Å²) >= 11 is 3.34. The fraction of sp³-hybridized carbons (Fsp3) is 0.538. The van der Waals surface area contributed by atoms with Crippen molar-refractivity contribution in [1.82, 2.24) is 10.0 Å². The molecular formula is C13H20BrClN2O4S. The zero-order valence-corrected chi connectivity index (χ0v) is 15.4. The molecule has 1 aromatic carbocycles. The Morgan fingerprint density at radius 2 is 2.09 bits per heavy atom. The van der Waals surface area contributed by atoms with Crippen LogP contribution in [0.2, 0.25) is 0 Å². The first kappa shape index (κ1) is 19.7. The van der Waals surface area contributed by atoms with E-state index in [1.54, 1.807) is 13.2 Å². The molecule has 0 unspecified atom stereocenters. The molecule has 2 rings (SSSR count). The van der Waals surface area contributed by atoms with Crippen LogP contribution in [-0.2, 0) is 21.2 Å². The predicted molar refractivity (Wildman–Crippen MR) is 90.5 cm³/mol. The molecule has 9 heteroatoms. The summed E-state index contributed by atoms with van der Waals surface area (Å²) in [5.74, 6) is 0.470. The van der Waals surface area contributed by atoms with Gasteiger partial charge < -0.3 is 14.8 Å². The van der Waals surface area contributed by atoms with E-state index in [1.807, 2.05) is 6.07 Å². The molecule has 1 heterocycles. The smallest absolute Gasteiger partial charge is 0.244 e. The van der Waals surface area contributed by atoms with Crippen LogP contribution in [0.1, 0.15) is 5.56 Å². The number of sulfonamides is 1. The number of halogens is 2. The standard InChI is InChI=1S/C13H19BrN2O4S.ClH/c1-19-7-5-15-3-4-16-21(17,18)12-9-11(14)8-10-2-6-20-13(10)12;/h8-9,15-16H,2-7H2,1H3;1H. The van der Waals surface area contributed by atoms with Gasteiger partial charge in [0.1, 0.15) is 10.6 Å². The molecule has 0 aliphatic carbocycles. The Morgan fingerprint density at radius 3 is 2.82 bits per heavy atom. The summed E-state index contributed by atoms with van der Waals surface area (Å²) in [6.45, 7) is 2.66. The van der Waals surface area contributed by atoms with E-state index in [4.69, 9.17) is 9.47 Å². The van der Waals surface area contributed by atoms with Gasteiger partial charge in [-0.25, -0.2) is 13.1 Å². The normalized spacial score (nSPS) is 13.4. The number of hydrogen-bond acceptors (Lipinski definition) is 5. The second kappa shape index (κ2) is 9.05. The average Bonchev–Trinajstić information content (AvgIpc) is 2.89. The van der Waals surface area contributed by atoms with Crippen molar-refractivity contribution in [3.63, 3.8) is 0 Å². The molecule has 0 spiro atoms. The van der Waals surface area contributed by atoms with E-state index in [0.717, 1.165) is 16.5 Å². The molecule has 6 nitrogen and oxygen atoms in total. The minimum atomic E-state index is -3.58. The fourth-order valence-electron chi connectivity index (χ4n) is 2.09. The molecule has 2 N–H and O–H groups in total. The van der Waals surface area contributed by atoms with E-state index < -0.39 is 10.0 Å². The van der Waals surface area contributed by atoms with Gasteiger partial charge in [-0.05, 0) is 12.1 Å². The summed E-state index contributed by atoms with van der Waals surface area (Å²) in [6.07, 6.45) is 0.732. The fourth-order valence-corrected chi connectivity index (χ4v) is 3.98. The van der Waals surface area contributed by atoms with Gasteiger partial charge in [-0.2, -0.15) is 0 Å². The third-order valence-corrected chi connectivity index (χ3v) is 5.00. The zero-order valence-electron chi connectivity index (χ0n) is 12.2. The van der Waals surface area contributed by atoms with E-state index in [2.05, 4.69) is 26.0 Å². The molecular weight excluding hydrogens is 396 g/mol. The van der Waals surface area contributed by atoms with Crippen LogP contribution < -0.4 is 14.8 Å². The first-order chi connectivity index (χ1) is 10.0. The van der Waals surface area contributed by atoms with Crippen molar-refractivity contribution in [1.29, 1.82) is 0 Å². The molecule has 0 aromatic heterocycles. The van der Waals surface area contributed by atoms with E-state index in [1.165, 1.54) is 0 Å². The lowest BCUT2D eigenvalue weighted by molar-refractivity contribution is 0.199. The quantitative estimate of drug-likeness (QED) is 0.626. The first-order valence-corrected chi connectivity index (χ1v) is 8.97. The highest BCUT2D eigenvalue weighted by Crippen LogP contribution is 2.35. The summed E-state index contributed by atoms with van der Waals surface area (Å²) in [5, 5.41) is 3.08. The van der Waals surface area contributed by atoms with Crippen molar-refractivity contribution in [2.45, 2.75) is 11.3 Å². The van der Waals surface area contributed by atoms with E-state index in [0.29, 0.717) is 38.6 Å². The monoisotopic (exact) mass is 414 g/mol. The van der Waals surface area contributed by atoms with E-state index >= 15 is 0 Å². The predicted octanol–water partition coefficient (Wildman–Crippen LogP) is 1.32. The Balaban J connectivity index is 0.00000242. The highest BCUT2D eigenvalue weighted by atomic mass is 79.9. The SMILES string of the molecule is COCCNCCNS(=O)(=O)c1cc(Br)cc2c1OCC2.Cl. The van der Waals surface area contributed by atoms with Gasteiger partial charge in [0.25, 0.3) is 0 Å². The Bertz CT molecular complexity index is 598. The van der Waals surface area contributed by atoms with Gasteiger partial charge in [-0.1, -0.05) is 15.9 Å². The highest BCUT2D eigenvalue weighted by Gasteiger charge is 2.25. The van der Waals surface area contributed by atoms with Crippen LogP contribution in [0, 0.1) is 0 Å². The van der Waals surface area contributed by atoms with Crippen LogP contribution in [0.5, 0.6) is 5.75 Å². The van der Waals surface area contributed by atoms with Crippen LogP contribution in [0.15, 0.2) is 21.5 Å². The maximum absolute atomic E-state index is 12.4. The maximum atomic E-state index is 12.4. The van der Waals surface area contributed by atoms with Crippen molar-refractivity contribution in [3.8, 4) is 5.75 Å². The molecule has 0 amide bonds. The Morgan fingerprint density at radius 1 is 1.32 bits per heavy atom. The van der Waals surface area contributed by atoms with Crippen LogP contribution in [-0.4, -0.2) is 48.4 Å². The number of fused-ring (bicyclic) bond motifs is 1. The third kappa shape index (κ3) is 5.07. The average molecular weight is 416 g/mol. The molecule has 1 aliphatic heterocycles. The molecule has 0 atom stereocenters. The molecule has 0 fully saturated rings. The molecule has 0 saturated heterocycles. The molecule has 1 aliphatic rings. The number of benzene rings is 1. The number of nitrogens with one attached hydrogen (secondary N) is 2. The van der Waals surface area contributed by atoms with Crippen LogP contribution in [0.25, 0.3) is 0 Å². The van der Waals surface area contributed by atoms with Crippen LogP contribution >= 0.6 is 28.3 Å². The van der Waals surface area contributed by atoms with Gasteiger partial charge in [0.15, 0.2) is 0 Å². The summed E-state index contributed by atoms with van der Waals surface area (Å²) in [5.41, 5.74) is 0.919. The van der Waals surface area contributed by atoms with Crippen LogP contribution in [0.3, 0.4) is 0 Å². The molecule has 0 bridgehead atoms. The molecule has 22 heavy (non-hydrogen) atoms. The molecule has 126 valence electrons. The Kier molecular flexibility index (Phi) is 8.09. The minimum Gasteiger partial charge on any atom is -0.492 e. The largest absolute Gasteiger partial charge is 0.492 e. The van der Waals surface area contributed by atoms with Crippen molar-refractivity contribution < 1.29 is 17.9 Å². The highest BCUT2D eigenvalue weighted by molar-refractivity contribution is 9.10. The second-order valence-electron chi connectivity index (χ2n) is 4.63. The second-order valence-corrected chi connectivity index (χ2v) is 7.28. The van der Waals surface area contributed by atoms with Gasteiger partial charge in [0.2, 0.25) is 10.0 Å². The summed E-state index contributed by atoms with van der Waals surface area (Å²) in [7, 11) is -1.95. The summed E-state index contributed by atoms with van der Waals surface area (Å²) < 4.78 is 38.4. The Hall–Kier alpha value is -0.380. The number of ether oxygens (including phenoxy) is 2. The van der Waals surface area contributed by atoms with Gasteiger partial charge >= 0.3 is 0 Å². The lowest BCUT2D eigenvalue weighted by Crippen LogP contribution is -2.33. The van der Waals surface area contributed by atoms with Crippen molar-refractivity contribution >= 4 is 38.4 Å². The minimum absolute atomic E-state index is 0. The lowest BCUT2D eigenvalue weighted by Gasteiger charge is -2.11. The number of methoxy groups -OCH3 is 1. The first-order valence-electron chi connectivity index (χ1n) is 6.69. The lowest BCUT2D eigenvalue weighted by atomic mass is 10.2. The van der Waals surface area contributed by atoms with Gasteiger partial charge in [-0.3, -0.25) is 0 Å². The number of rotatable bonds is 8. The van der Waals surface area contributed by atoms with Gasteiger partial charge in [-0.15, -0.1) is 12.4 Å². The third-order valence-electron chi connectivity index (χ3n) is 3.08. The molecule has 0 radical (unpaired) electrons. The topological polar surface area (TPSA) is 76.7 Å². The van der Waals surface area contributed by atoms with Gasteiger partial charge in [0.05, 0.1) is 13.2 Å². The van der Waals surface area contributed by atoms with E-state index in [9.17, 15) is 8.42 Å². The van der Waals surface area contributed by atoms with Crippen molar-refractivity contribution in [2.75, 3.05) is 40.0 Å². The van der Waals surface area contributed by atoms with E-state index in [-0.39, 0.29) is 17.3 Å². The maximum Gasteiger partial charge on any atom is 0.244 e. The molecule has 1 aromatic rings. The Labute approximate surface area is 145 Å². The van der Waals surface area contributed by atoms with Crippen molar-refractivity contribution in [2.24, 2.45) is 0 Å². The van der Waals surface area contributed by atoms with Crippen molar-refractivity contribution in [3.05, 3.63) is 22.2 Å². The summed E-state index contributed by atoms with van der Waals surface area (Å²) in [6, 6.07) is 3.47. The number of hydrogen-bond donors (Lipinski definition) is 2. The van der Waals surface area contributed by atoms with Crippen LogP contribution in [0.4, 0.5) is 0 Å². The summed E-state index contributed by atoms with van der Waals surface area (Å²) in [4.78, 5) is 0.196. The van der Waals surface area contributed by atoms with Gasteiger partial charge in [0, 0.05) is 43.2 Å².